The molecule has 0 unspecified atom stereocenters. The first-order valence-corrected chi connectivity index (χ1v) is 12.4. The van der Waals surface area contributed by atoms with Crippen LogP contribution in [0.2, 0.25) is 0 Å². The van der Waals surface area contributed by atoms with Crippen molar-refractivity contribution in [2.24, 2.45) is 0 Å². The summed E-state index contributed by atoms with van der Waals surface area (Å²) >= 11 is 1.76. The Labute approximate surface area is 188 Å². The van der Waals surface area contributed by atoms with Gasteiger partial charge in [-0.2, -0.15) is 16.4 Å². The van der Waals surface area contributed by atoms with Crippen LogP contribution in [0.15, 0.2) is 22.9 Å². The summed E-state index contributed by atoms with van der Waals surface area (Å²) in [5.41, 5.74) is 6.63. The quantitative estimate of drug-likeness (QED) is 0.557. The first-order chi connectivity index (χ1) is 15.1. The van der Waals surface area contributed by atoms with Gasteiger partial charge in [-0.3, -0.25) is 9.69 Å². The zero-order chi connectivity index (χ0) is 21.8. The second kappa shape index (κ2) is 9.92. The van der Waals surface area contributed by atoms with Gasteiger partial charge in [-0.05, 0) is 74.0 Å². The van der Waals surface area contributed by atoms with Crippen molar-refractivity contribution in [1.82, 2.24) is 24.8 Å². The van der Waals surface area contributed by atoms with E-state index in [9.17, 15) is 4.79 Å². The molecule has 1 fully saturated rings. The maximum absolute atomic E-state index is 12.1. The van der Waals surface area contributed by atoms with Crippen molar-refractivity contribution in [2.75, 3.05) is 13.1 Å². The molecule has 4 rings (SSSR count). The summed E-state index contributed by atoms with van der Waals surface area (Å²) in [6.07, 6.45) is 5.75. The van der Waals surface area contributed by atoms with E-state index in [1.54, 1.807) is 11.3 Å². The van der Waals surface area contributed by atoms with E-state index in [2.05, 4.69) is 47.0 Å². The predicted octanol–water partition coefficient (Wildman–Crippen LogP) is 4.59. The zero-order valence-electron chi connectivity index (χ0n) is 18.9. The molecule has 1 N–H and O–H groups in total. The van der Waals surface area contributed by atoms with Crippen LogP contribution in [0.25, 0.3) is 5.65 Å². The van der Waals surface area contributed by atoms with Crippen LogP contribution in [-0.4, -0.2) is 38.5 Å². The molecular weight excluding hydrogens is 406 g/mol. The predicted molar refractivity (Wildman–Crippen MR) is 125 cm³/mol. The first-order valence-electron chi connectivity index (χ1n) is 11.4. The molecule has 7 heteroatoms. The molecule has 0 radical (unpaired) electrons. The number of thiophene rings is 1. The van der Waals surface area contributed by atoms with E-state index in [-0.39, 0.29) is 5.91 Å². The molecule has 0 saturated carbocycles. The van der Waals surface area contributed by atoms with Gasteiger partial charge in [0.05, 0.1) is 11.7 Å². The van der Waals surface area contributed by atoms with Crippen LogP contribution < -0.4 is 5.32 Å². The first kappa shape index (κ1) is 22.0. The topological polar surface area (TPSA) is 62.5 Å². The van der Waals surface area contributed by atoms with Gasteiger partial charge >= 0.3 is 0 Å². The third-order valence-electron chi connectivity index (χ3n) is 6.28. The molecule has 0 aromatic carbocycles. The molecule has 31 heavy (non-hydrogen) atoms. The van der Waals surface area contributed by atoms with E-state index in [1.165, 1.54) is 18.4 Å². The lowest BCUT2D eigenvalue weighted by atomic mass is 9.99. The molecule has 3 aromatic heterocycles. The van der Waals surface area contributed by atoms with Crippen LogP contribution >= 0.6 is 11.3 Å². The van der Waals surface area contributed by atoms with Crippen molar-refractivity contribution in [3.63, 3.8) is 0 Å². The second-order valence-corrected chi connectivity index (χ2v) is 9.34. The maximum atomic E-state index is 12.1. The minimum Gasteiger partial charge on any atom is -0.356 e. The number of piperidine rings is 1. The smallest absolute Gasteiger partial charge is 0.220 e. The van der Waals surface area contributed by atoms with E-state index in [0.717, 1.165) is 60.8 Å². The number of likely N-dealkylation sites (tertiary alicyclic amines) is 1. The lowest BCUT2D eigenvalue weighted by Gasteiger charge is -2.34. The summed E-state index contributed by atoms with van der Waals surface area (Å²) in [6.45, 7) is 9.03. The Hall–Kier alpha value is -2.25. The van der Waals surface area contributed by atoms with E-state index < -0.39 is 0 Å². The van der Waals surface area contributed by atoms with Crippen LogP contribution in [0, 0.1) is 13.8 Å². The van der Waals surface area contributed by atoms with Gasteiger partial charge in [-0.1, -0.05) is 13.3 Å². The van der Waals surface area contributed by atoms with E-state index in [1.807, 2.05) is 11.4 Å². The number of aromatic nitrogens is 3. The Balaban J connectivity index is 1.57. The van der Waals surface area contributed by atoms with Gasteiger partial charge in [0.15, 0.2) is 5.65 Å². The number of carbonyl (C=O) groups excluding carboxylic acids is 1. The molecule has 1 aliphatic rings. The van der Waals surface area contributed by atoms with Gasteiger partial charge in [-0.25, -0.2) is 9.50 Å². The Bertz CT molecular complexity index is 1030. The van der Waals surface area contributed by atoms with Crippen LogP contribution in [0.5, 0.6) is 0 Å². The molecule has 3 aromatic rings. The molecule has 0 spiro atoms. The minimum atomic E-state index is 0.105. The third kappa shape index (κ3) is 4.99. The number of rotatable bonds is 8. The van der Waals surface area contributed by atoms with Crippen LogP contribution in [0.4, 0.5) is 0 Å². The number of carbonyl (C=O) groups is 1. The molecule has 0 bridgehead atoms. The average Bonchev–Trinajstić information content (AvgIpc) is 3.42. The van der Waals surface area contributed by atoms with Crippen molar-refractivity contribution in [3.05, 3.63) is 51.1 Å². The number of aryl methyl sites for hydroxylation is 2. The normalized spacial score (nSPS) is 17.3. The Morgan fingerprint density at radius 3 is 2.97 bits per heavy atom. The second-order valence-electron chi connectivity index (χ2n) is 8.56. The monoisotopic (exact) mass is 439 g/mol. The van der Waals surface area contributed by atoms with E-state index in [4.69, 9.17) is 10.1 Å². The van der Waals surface area contributed by atoms with Crippen molar-refractivity contribution in [2.45, 2.75) is 71.9 Å². The molecule has 1 saturated heterocycles. The summed E-state index contributed by atoms with van der Waals surface area (Å²) in [4.78, 5) is 19.5. The van der Waals surface area contributed by atoms with Crippen molar-refractivity contribution in [3.8, 4) is 0 Å². The SMILES string of the molecule is CCCNC(=O)CCc1c(C)nc2cc([C@@H]3CCCCN3Cc3ccsc3)nn2c1C. The fourth-order valence-electron chi connectivity index (χ4n) is 4.59. The molecule has 0 aliphatic carbocycles. The Morgan fingerprint density at radius 1 is 1.32 bits per heavy atom. The van der Waals surface area contributed by atoms with Crippen molar-refractivity contribution in [1.29, 1.82) is 0 Å². The molecule has 1 atom stereocenters. The number of nitrogens with zero attached hydrogens (tertiary/aromatic N) is 4. The number of amides is 1. The number of hydrogen-bond acceptors (Lipinski definition) is 5. The fraction of sp³-hybridized carbons (Fsp3) is 0.542. The summed E-state index contributed by atoms with van der Waals surface area (Å²) in [5, 5.41) is 12.4. The van der Waals surface area contributed by atoms with Gasteiger partial charge in [0, 0.05) is 37.0 Å². The molecule has 1 amide bonds. The molecule has 1 aliphatic heterocycles. The number of hydrogen-bond donors (Lipinski definition) is 1. The van der Waals surface area contributed by atoms with Gasteiger partial charge in [0.1, 0.15) is 0 Å². The fourth-order valence-corrected chi connectivity index (χ4v) is 5.25. The maximum Gasteiger partial charge on any atom is 0.220 e. The highest BCUT2D eigenvalue weighted by Crippen LogP contribution is 2.32. The van der Waals surface area contributed by atoms with E-state index >= 15 is 0 Å². The number of fused-ring (bicyclic) bond motifs is 1. The highest BCUT2D eigenvalue weighted by Gasteiger charge is 2.27. The van der Waals surface area contributed by atoms with Gasteiger partial charge in [0.25, 0.3) is 0 Å². The summed E-state index contributed by atoms with van der Waals surface area (Å²) in [6, 6.07) is 4.71. The summed E-state index contributed by atoms with van der Waals surface area (Å²) in [5.74, 6) is 0.105. The molecule has 4 heterocycles. The lowest BCUT2D eigenvalue weighted by molar-refractivity contribution is -0.121. The van der Waals surface area contributed by atoms with Crippen LogP contribution in [0.3, 0.4) is 0 Å². The largest absolute Gasteiger partial charge is 0.356 e. The van der Waals surface area contributed by atoms with E-state index in [0.29, 0.717) is 18.9 Å². The molecule has 6 nitrogen and oxygen atoms in total. The Kier molecular flexibility index (Phi) is 7.02. The van der Waals surface area contributed by atoms with Gasteiger partial charge in [0.2, 0.25) is 5.91 Å². The average molecular weight is 440 g/mol. The minimum absolute atomic E-state index is 0.105. The standard InChI is InChI=1S/C24H33N5OS/c1-4-11-25-24(30)9-8-20-17(2)26-23-14-21(27-29(23)18(20)3)22-7-5-6-12-28(22)15-19-10-13-31-16-19/h10,13-14,16,22H,4-9,11-12,15H2,1-3H3,(H,25,30)/t22-/m0/s1. The Morgan fingerprint density at radius 2 is 2.19 bits per heavy atom. The van der Waals surface area contributed by atoms with Crippen LogP contribution in [0.1, 0.15) is 73.3 Å². The van der Waals surface area contributed by atoms with Gasteiger partial charge in [-0.15, -0.1) is 0 Å². The van der Waals surface area contributed by atoms with Crippen molar-refractivity contribution >= 4 is 22.9 Å². The highest BCUT2D eigenvalue weighted by molar-refractivity contribution is 7.07. The highest BCUT2D eigenvalue weighted by atomic mass is 32.1. The molecule has 166 valence electrons. The van der Waals surface area contributed by atoms with Crippen LogP contribution in [-0.2, 0) is 17.8 Å². The lowest BCUT2D eigenvalue weighted by Crippen LogP contribution is -2.33. The van der Waals surface area contributed by atoms with Crippen molar-refractivity contribution < 1.29 is 4.79 Å². The number of nitrogens with one attached hydrogen (secondary N) is 1. The summed E-state index contributed by atoms with van der Waals surface area (Å²) in [7, 11) is 0. The van der Waals surface area contributed by atoms with Gasteiger partial charge < -0.3 is 5.32 Å². The molecular formula is C24H33N5OS. The third-order valence-corrected chi connectivity index (χ3v) is 7.01. The summed E-state index contributed by atoms with van der Waals surface area (Å²) < 4.78 is 1.99. The zero-order valence-corrected chi connectivity index (χ0v) is 19.7.